The summed E-state index contributed by atoms with van der Waals surface area (Å²) in [5, 5.41) is 4.07. The third-order valence-electron chi connectivity index (χ3n) is 3.74. The highest BCUT2D eigenvalue weighted by molar-refractivity contribution is 6.05. The fraction of sp³-hybridized carbons (Fsp3) is 0.133. The van der Waals surface area contributed by atoms with E-state index in [1.54, 1.807) is 0 Å². The average molecular weight is 324 g/mol. The molecule has 9 nitrogen and oxygen atoms in total. The molecule has 0 radical (unpaired) electrons. The lowest BCUT2D eigenvalue weighted by molar-refractivity contribution is -0.121. The highest BCUT2D eigenvalue weighted by atomic mass is 16.2. The van der Waals surface area contributed by atoms with Gasteiger partial charge in [0, 0.05) is 18.9 Å². The van der Waals surface area contributed by atoms with Gasteiger partial charge in [-0.25, -0.2) is 15.2 Å². The van der Waals surface area contributed by atoms with E-state index in [4.69, 9.17) is 0 Å². The Kier molecular flexibility index (Phi) is 3.12. The van der Waals surface area contributed by atoms with Crippen molar-refractivity contribution in [1.82, 2.24) is 25.4 Å². The summed E-state index contributed by atoms with van der Waals surface area (Å²) in [6, 6.07) is 6.81. The van der Waals surface area contributed by atoms with Gasteiger partial charge in [0.25, 0.3) is 5.56 Å². The van der Waals surface area contributed by atoms with Gasteiger partial charge in [0.15, 0.2) is 5.82 Å². The number of imidazole rings is 1. The van der Waals surface area contributed by atoms with Crippen LogP contribution in [-0.2, 0) is 4.79 Å². The normalized spacial score (nSPS) is 14.5. The zero-order chi connectivity index (χ0) is 16.7. The van der Waals surface area contributed by atoms with Crippen LogP contribution in [0.15, 0.2) is 39.0 Å². The minimum atomic E-state index is -0.592. The molecule has 1 amide bonds. The summed E-state index contributed by atoms with van der Waals surface area (Å²) in [6.45, 7) is 0. The minimum Gasteiger partial charge on any atom is -0.337 e. The first-order valence-corrected chi connectivity index (χ1v) is 7.28. The van der Waals surface area contributed by atoms with Crippen molar-refractivity contribution < 1.29 is 4.79 Å². The molecule has 120 valence electrons. The molecule has 1 aliphatic rings. The maximum absolute atomic E-state index is 11.4. The second kappa shape index (κ2) is 5.30. The van der Waals surface area contributed by atoms with E-state index in [-0.39, 0.29) is 5.91 Å². The highest BCUT2D eigenvalue weighted by Gasteiger charge is 2.14. The van der Waals surface area contributed by atoms with Crippen molar-refractivity contribution in [3.63, 3.8) is 0 Å². The maximum atomic E-state index is 11.4. The number of hydrogen-bond acceptors (Lipinski definition) is 5. The second-order valence-corrected chi connectivity index (χ2v) is 5.41. The molecule has 9 heteroatoms. The first kappa shape index (κ1) is 14.1. The fourth-order valence-electron chi connectivity index (χ4n) is 2.60. The lowest BCUT2D eigenvalue weighted by atomic mass is 10.0. The number of nitrogens with one attached hydrogen (secondary N) is 4. The summed E-state index contributed by atoms with van der Waals surface area (Å²) in [4.78, 5) is 46.1. The summed E-state index contributed by atoms with van der Waals surface area (Å²) in [5.41, 5.74) is 4.78. The molecule has 2 aromatic heterocycles. The Hall–Kier alpha value is -3.49. The van der Waals surface area contributed by atoms with E-state index < -0.39 is 11.2 Å². The van der Waals surface area contributed by atoms with Gasteiger partial charge in [0.05, 0.1) is 22.4 Å². The van der Waals surface area contributed by atoms with Crippen molar-refractivity contribution in [2.24, 2.45) is 5.10 Å². The average Bonchev–Trinajstić information content (AvgIpc) is 2.98. The molecule has 0 aliphatic carbocycles. The molecule has 4 N–H and O–H groups in total. The Labute approximate surface area is 133 Å². The number of rotatable bonds is 2. The molecule has 0 fully saturated rings. The molecule has 1 aromatic carbocycles. The quantitative estimate of drug-likeness (QED) is 0.536. The monoisotopic (exact) mass is 324 g/mol. The van der Waals surface area contributed by atoms with Crippen molar-refractivity contribution in [3.05, 3.63) is 50.7 Å². The largest absolute Gasteiger partial charge is 0.337 e. The van der Waals surface area contributed by atoms with E-state index in [0.717, 1.165) is 16.8 Å². The van der Waals surface area contributed by atoms with Gasteiger partial charge in [-0.1, -0.05) is 6.07 Å². The molecule has 0 bridgehead atoms. The number of benzene rings is 1. The topological polar surface area (TPSA) is 136 Å². The second-order valence-electron chi connectivity index (χ2n) is 5.41. The lowest BCUT2D eigenvalue weighted by Gasteiger charge is -2.11. The van der Waals surface area contributed by atoms with Gasteiger partial charge in [-0.15, -0.1) is 0 Å². The molecule has 4 rings (SSSR count). The third-order valence-corrected chi connectivity index (χ3v) is 3.74. The molecule has 0 unspecified atom stereocenters. The molecule has 0 saturated carbocycles. The number of H-pyrrole nitrogens is 3. The van der Waals surface area contributed by atoms with Gasteiger partial charge in [-0.3, -0.25) is 14.6 Å². The zero-order valence-corrected chi connectivity index (χ0v) is 12.3. The molecule has 1 aliphatic heterocycles. The standard InChI is InChI=1S/C15H12N6O3/c22-12-4-3-8(20-21-12)7-1-2-9-10(5-7)17-14(16-9)11-6-13(23)19-15(24)18-11/h1-2,5-6H,3-4H2,(H,16,17)(H,21,22)(H2,18,19,23,24). The van der Waals surface area contributed by atoms with E-state index in [1.807, 2.05) is 18.2 Å². The van der Waals surface area contributed by atoms with Crippen molar-refractivity contribution in [2.75, 3.05) is 0 Å². The van der Waals surface area contributed by atoms with Crippen molar-refractivity contribution >= 4 is 22.7 Å². The Morgan fingerprint density at radius 1 is 0.958 bits per heavy atom. The van der Waals surface area contributed by atoms with E-state index in [0.29, 0.717) is 29.9 Å². The number of hydrogen-bond donors (Lipinski definition) is 4. The number of nitrogens with zero attached hydrogens (tertiary/aromatic N) is 2. The summed E-state index contributed by atoms with van der Waals surface area (Å²) in [7, 11) is 0. The number of aromatic amines is 3. The van der Waals surface area contributed by atoms with Crippen LogP contribution in [0.4, 0.5) is 0 Å². The predicted octanol–water partition coefficient (Wildman–Crippen LogP) is 0.221. The van der Waals surface area contributed by atoms with Crippen molar-refractivity contribution in [1.29, 1.82) is 0 Å². The molecule has 0 spiro atoms. The summed E-state index contributed by atoms with van der Waals surface area (Å²) < 4.78 is 0. The number of fused-ring (bicyclic) bond motifs is 1. The minimum absolute atomic E-state index is 0.0955. The van der Waals surface area contributed by atoms with Gasteiger partial charge in [-0.2, -0.15) is 5.10 Å². The molecule has 0 saturated heterocycles. The molecular weight excluding hydrogens is 312 g/mol. The van der Waals surface area contributed by atoms with Crippen molar-refractivity contribution in [3.8, 4) is 11.5 Å². The van der Waals surface area contributed by atoms with E-state index >= 15 is 0 Å². The number of carbonyl (C=O) groups is 1. The first-order valence-electron chi connectivity index (χ1n) is 7.28. The van der Waals surface area contributed by atoms with Gasteiger partial charge in [0.2, 0.25) is 5.91 Å². The Morgan fingerprint density at radius 2 is 1.83 bits per heavy atom. The summed E-state index contributed by atoms with van der Waals surface area (Å²) >= 11 is 0. The number of carbonyl (C=O) groups excluding carboxylic acids is 1. The van der Waals surface area contributed by atoms with Crippen LogP contribution in [-0.4, -0.2) is 31.6 Å². The number of hydrazone groups is 1. The van der Waals surface area contributed by atoms with Crippen LogP contribution in [0.3, 0.4) is 0 Å². The number of aromatic nitrogens is 4. The summed E-state index contributed by atoms with van der Waals surface area (Å²) in [6.07, 6.45) is 0.971. The lowest BCUT2D eigenvalue weighted by Crippen LogP contribution is -2.25. The van der Waals surface area contributed by atoms with Gasteiger partial charge in [0.1, 0.15) is 0 Å². The van der Waals surface area contributed by atoms with E-state index in [9.17, 15) is 14.4 Å². The first-order chi connectivity index (χ1) is 11.6. The third kappa shape index (κ3) is 2.51. The molecule has 0 atom stereocenters. The van der Waals surface area contributed by atoms with Crippen LogP contribution in [0.1, 0.15) is 18.4 Å². The molecular formula is C15H12N6O3. The van der Waals surface area contributed by atoms with Crippen LogP contribution >= 0.6 is 0 Å². The van der Waals surface area contributed by atoms with E-state index in [1.165, 1.54) is 6.07 Å². The highest BCUT2D eigenvalue weighted by Crippen LogP contribution is 2.20. The van der Waals surface area contributed by atoms with Crippen LogP contribution < -0.4 is 16.7 Å². The fourth-order valence-corrected chi connectivity index (χ4v) is 2.60. The van der Waals surface area contributed by atoms with Gasteiger partial charge < -0.3 is 9.97 Å². The summed E-state index contributed by atoms with van der Waals surface area (Å²) in [5.74, 6) is 0.297. The Morgan fingerprint density at radius 3 is 2.58 bits per heavy atom. The molecule has 24 heavy (non-hydrogen) atoms. The smallest absolute Gasteiger partial charge is 0.326 e. The maximum Gasteiger partial charge on any atom is 0.326 e. The molecule has 3 heterocycles. The van der Waals surface area contributed by atoms with Crippen LogP contribution in [0.2, 0.25) is 0 Å². The van der Waals surface area contributed by atoms with Crippen LogP contribution in [0, 0.1) is 0 Å². The van der Waals surface area contributed by atoms with Crippen LogP contribution in [0.5, 0.6) is 0 Å². The predicted molar refractivity (Wildman–Crippen MR) is 86.7 cm³/mol. The Balaban J connectivity index is 1.77. The number of amides is 1. The van der Waals surface area contributed by atoms with Crippen LogP contribution in [0.25, 0.3) is 22.6 Å². The van der Waals surface area contributed by atoms with E-state index in [2.05, 4.69) is 30.5 Å². The zero-order valence-electron chi connectivity index (χ0n) is 12.3. The van der Waals surface area contributed by atoms with Gasteiger partial charge >= 0.3 is 5.69 Å². The molecule has 3 aromatic rings. The van der Waals surface area contributed by atoms with Crippen molar-refractivity contribution in [2.45, 2.75) is 12.8 Å². The SMILES string of the molecule is O=C1CCC(c2ccc3nc(-c4cc(=O)[nH]c(=O)[nH]4)[nH]c3c2)=NN1. The van der Waals surface area contributed by atoms with Gasteiger partial charge in [-0.05, 0) is 17.7 Å². The Bertz CT molecular complexity index is 1080.